The van der Waals surface area contributed by atoms with E-state index in [0.717, 1.165) is 24.0 Å². The molecule has 0 saturated carbocycles. The van der Waals surface area contributed by atoms with E-state index in [2.05, 4.69) is 16.0 Å². The van der Waals surface area contributed by atoms with Crippen LogP contribution in [-0.2, 0) is 30.1 Å². The van der Waals surface area contributed by atoms with Gasteiger partial charge in [-0.05, 0) is 73.4 Å². The van der Waals surface area contributed by atoms with Gasteiger partial charge in [-0.15, -0.1) is 0 Å². The zero-order valence-corrected chi connectivity index (χ0v) is 32.4. The molecule has 3 aromatic rings. The van der Waals surface area contributed by atoms with Crippen molar-refractivity contribution in [2.45, 2.75) is 42.4 Å². The van der Waals surface area contributed by atoms with Gasteiger partial charge in [0.2, 0.25) is 21.8 Å². The van der Waals surface area contributed by atoms with E-state index in [4.69, 9.17) is 27.9 Å². The maximum atomic E-state index is 15.4. The third kappa shape index (κ3) is 7.83. The first kappa shape index (κ1) is 38.5. The second-order valence-corrected chi connectivity index (χ2v) is 16.8. The van der Waals surface area contributed by atoms with Gasteiger partial charge in [0.05, 0.1) is 36.7 Å². The van der Waals surface area contributed by atoms with Crippen LogP contribution in [-0.4, -0.2) is 117 Å². The summed E-state index contributed by atoms with van der Waals surface area (Å²) in [5, 5.41) is 11.2. The van der Waals surface area contributed by atoms with E-state index in [9.17, 15) is 18.0 Å². The van der Waals surface area contributed by atoms with Crippen molar-refractivity contribution >= 4 is 50.9 Å². The summed E-state index contributed by atoms with van der Waals surface area (Å²) >= 11 is 12.6. The Bertz CT molecular complexity index is 1920. The van der Waals surface area contributed by atoms with Crippen LogP contribution in [0.25, 0.3) is 0 Å². The van der Waals surface area contributed by atoms with Crippen LogP contribution in [0.4, 0.5) is 0 Å². The molecular formula is C38H45Cl2N7O6S. The molecule has 3 aromatic carbocycles. The number of halogens is 2. The fourth-order valence-corrected chi connectivity index (χ4v) is 9.59. The number of rotatable bonds is 10. The SMILES string of the molecule is CCOc1ccc(S(=O)(=O)N2CCCC2)cc1C1(C(=O)N2CCN(C(=O)CN3CCNC(=O)C3)CC2)NC(c2ccc(Cl)cc2)C(c2ccc(Cl)cc2)N1. The molecule has 0 bridgehead atoms. The lowest BCUT2D eigenvalue weighted by Gasteiger charge is -2.41. The van der Waals surface area contributed by atoms with Crippen LogP contribution in [0.5, 0.6) is 5.75 Å². The molecule has 0 spiro atoms. The lowest BCUT2D eigenvalue weighted by molar-refractivity contribution is -0.145. The lowest BCUT2D eigenvalue weighted by atomic mass is 9.95. The second kappa shape index (κ2) is 16.1. The zero-order chi connectivity index (χ0) is 38.0. The van der Waals surface area contributed by atoms with Gasteiger partial charge in [-0.3, -0.25) is 29.9 Å². The van der Waals surface area contributed by atoms with Gasteiger partial charge in [-0.2, -0.15) is 4.31 Å². The van der Waals surface area contributed by atoms with E-state index in [1.165, 1.54) is 4.31 Å². The van der Waals surface area contributed by atoms with Gasteiger partial charge in [0.15, 0.2) is 5.66 Å². The van der Waals surface area contributed by atoms with E-state index < -0.39 is 27.8 Å². The summed E-state index contributed by atoms with van der Waals surface area (Å²) in [5.41, 5.74) is 0.361. The van der Waals surface area contributed by atoms with Crippen LogP contribution in [0.3, 0.4) is 0 Å². The molecule has 4 heterocycles. The Morgan fingerprint density at radius 3 is 1.94 bits per heavy atom. The van der Waals surface area contributed by atoms with Gasteiger partial charge in [-0.25, -0.2) is 8.42 Å². The first-order chi connectivity index (χ1) is 26.0. The highest BCUT2D eigenvalue weighted by atomic mass is 35.5. The first-order valence-corrected chi connectivity index (χ1v) is 20.6. The summed E-state index contributed by atoms with van der Waals surface area (Å²) in [7, 11) is -3.88. The number of carbonyl (C=O) groups is 3. The van der Waals surface area contributed by atoms with Gasteiger partial charge >= 0.3 is 0 Å². The predicted molar refractivity (Wildman–Crippen MR) is 205 cm³/mol. The minimum absolute atomic E-state index is 0.0680. The molecule has 13 nitrogen and oxygen atoms in total. The van der Waals surface area contributed by atoms with E-state index in [1.54, 1.807) is 52.3 Å². The Kier molecular flexibility index (Phi) is 11.5. The number of hydrogen-bond donors (Lipinski definition) is 3. The van der Waals surface area contributed by atoms with Crippen molar-refractivity contribution in [1.82, 2.24) is 35.0 Å². The van der Waals surface area contributed by atoms with Crippen molar-refractivity contribution in [3.63, 3.8) is 0 Å². The Morgan fingerprint density at radius 2 is 1.39 bits per heavy atom. The molecule has 0 aromatic heterocycles. The topological polar surface area (TPSA) is 144 Å². The van der Waals surface area contributed by atoms with E-state index in [1.807, 2.05) is 36.1 Å². The quantitative estimate of drug-likeness (QED) is 0.282. The number of piperazine rings is 2. The highest BCUT2D eigenvalue weighted by Gasteiger charge is 2.55. The molecule has 4 saturated heterocycles. The van der Waals surface area contributed by atoms with E-state index in [0.29, 0.717) is 60.6 Å². The summed E-state index contributed by atoms with van der Waals surface area (Å²) in [6.45, 7) is 5.41. The van der Waals surface area contributed by atoms with Crippen molar-refractivity contribution in [1.29, 1.82) is 0 Å². The normalized spacial score (nSPS) is 24.1. The molecule has 3 amide bonds. The van der Waals surface area contributed by atoms with Gasteiger partial charge in [-0.1, -0.05) is 47.5 Å². The standard InChI is InChI=1S/C38H45Cl2N7O6S/c1-2-53-32-14-13-30(54(51,52)47-16-3-4-17-47)23-31(32)38(37(50)46-21-19-45(20-22-46)34(49)25-44-18-15-41-33(48)24-44)42-35(26-5-9-28(39)10-6-26)36(43-38)27-7-11-29(40)12-8-27/h5-14,23,35-36,42-43H,2-4,15-22,24-25H2,1H3,(H,41,48). The van der Waals surface area contributed by atoms with Crippen molar-refractivity contribution in [3.8, 4) is 5.75 Å². The van der Waals surface area contributed by atoms with E-state index >= 15 is 4.79 Å². The second-order valence-electron chi connectivity index (χ2n) is 14.0. The Labute approximate surface area is 325 Å². The fourth-order valence-electron chi connectivity index (χ4n) is 7.80. The number of hydrogen-bond acceptors (Lipinski definition) is 9. The third-order valence-electron chi connectivity index (χ3n) is 10.6. The zero-order valence-electron chi connectivity index (χ0n) is 30.1. The van der Waals surface area contributed by atoms with Crippen LogP contribution in [0.2, 0.25) is 10.0 Å². The summed E-state index contributed by atoms with van der Waals surface area (Å²) in [6, 6.07) is 18.5. The van der Waals surface area contributed by atoms with Crippen molar-refractivity contribution in [2.24, 2.45) is 0 Å². The number of nitrogens with zero attached hydrogens (tertiary/aromatic N) is 4. The minimum atomic E-state index is -3.88. The first-order valence-electron chi connectivity index (χ1n) is 18.4. The van der Waals surface area contributed by atoms with Crippen LogP contribution < -0.4 is 20.7 Å². The number of carbonyl (C=O) groups excluding carboxylic acids is 3. The molecule has 0 radical (unpaired) electrons. The summed E-state index contributed by atoms with van der Waals surface area (Å²) in [5.74, 6) is -0.192. The summed E-state index contributed by atoms with van der Waals surface area (Å²) < 4.78 is 35.7. The molecular weight excluding hydrogens is 753 g/mol. The molecule has 4 aliphatic rings. The third-order valence-corrected chi connectivity index (χ3v) is 13.0. The molecule has 2 atom stereocenters. The Hall–Kier alpha value is -3.76. The number of benzene rings is 3. The van der Waals surface area contributed by atoms with Gasteiger partial charge < -0.3 is 19.9 Å². The molecule has 4 aliphatic heterocycles. The van der Waals surface area contributed by atoms with Gasteiger partial charge in [0.25, 0.3) is 5.91 Å². The highest BCUT2D eigenvalue weighted by molar-refractivity contribution is 7.89. The molecule has 288 valence electrons. The lowest BCUT2D eigenvalue weighted by Crippen LogP contribution is -2.63. The summed E-state index contributed by atoms with van der Waals surface area (Å²) in [6.07, 6.45) is 1.56. The Balaban J connectivity index is 1.28. The van der Waals surface area contributed by atoms with E-state index in [-0.39, 0.29) is 55.4 Å². The van der Waals surface area contributed by atoms with Gasteiger partial charge in [0, 0.05) is 68.0 Å². The maximum absolute atomic E-state index is 15.4. The molecule has 0 aliphatic carbocycles. The van der Waals surface area contributed by atoms with Crippen molar-refractivity contribution < 1.29 is 27.5 Å². The molecule has 16 heteroatoms. The van der Waals surface area contributed by atoms with Crippen LogP contribution in [0.1, 0.15) is 48.5 Å². The molecule has 2 unspecified atom stereocenters. The van der Waals surface area contributed by atoms with Crippen molar-refractivity contribution in [3.05, 3.63) is 93.5 Å². The predicted octanol–water partition coefficient (Wildman–Crippen LogP) is 3.11. The molecule has 4 fully saturated rings. The number of ether oxygens (including phenoxy) is 1. The fraction of sp³-hybridized carbons (Fsp3) is 0.447. The average Bonchev–Trinajstić information content (AvgIpc) is 3.87. The highest BCUT2D eigenvalue weighted by Crippen LogP contribution is 2.45. The number of sulfonamides is 1. The molecule has 54 heavy (non-hydrogen) atoms. The van der Waals surface area contributed by atoms with Crippen molar-refractivity contribution in [2.75, 3.05) is 72.1 Å². The van der Waals surface area contributed by atoms with Crippen LogP contribution >= 0.6 is 23.2 Å². The van der Waals surface area contributed by atoms with Crippen LogP contribution in [0, 0.1) is 0 Å². The van der Waals surface area contributed by atoms with Gasteiger partial charge in [0.1, 0.15) is 5.75 Å². The smallest absolute Gasteiger partial charge is 0.262 e. The monoisotopic (exact) mass is 797 g/mol. The average molecular weight is 799 g/mol. The number of amides is 3. The number of nitrogens with one attached hydrogen (secondary N) is 3. The summed E-state index contributed by atoms with van der Waals surface area (Å²) in [4.78, 5) is 45.9. The van der Waals surface area contributed by atoms with Crippen LogP contribution in [0.15, 0.2) is 71.6 Å². The minimum Gasteiger partial charge on any atom is -0.493 e. The molecule has 7 rings (SSSR count). The molecule has 3 N–H and O–H groups in total. The largest absolute Gasteiger partial charge is 0.493 e. The Morgan fingerprint density at radius 1 is 0.815 bits per heavy atom. The maximum Gasteiger partial charge on any atom is 0.262 e.